The van der Waals surface area contributed by atoms with Crippen LogP contribution in [0.3, 0.4) is 0 Å². The molecule has 19 nitrogen and oxygen atoms in total. The zero-order valence-electron chi connectivity index (χ0n) is 57.2. The van der Waals surface area contributed by atoms with E-state index in [1.807, 2.05) is 127 Å². The maximum absolute atomic E-state index is 14.1. The molecule has 0 saturated heterocycles. The van der Waals surface area contributed by atoms with Gasteiger partial charge in [-0.25, -0.2) is 28.8 Å². The topological polar surface area (TPSA) is 244 Å². The Balaban J connectivity index is 0.000000207. The maximum atomic E-state index is 14.1. The number of fused-ring (bicyclic) bond motifs is 6. The number of benzene rings is 13. The van der Waals surface area contributed by atoms with Crippen LogP contribution in [0.1, 0.15) is 62.1 Å². The lowest BCUT2D eigenvalue weighted by Gasteiger charge is -2.30. The van der Waals surface area contributed by atoms with Gasteiger partial charge in [0.1, 0.15) is 32.3 Å². The molecule has 0 aromatic heterocycles. The maximum Gasteiger partial charge on any atom is 0.338 e. The van der Waals surface area contributed by atoms with Gasteiger partial charge in [-0.1, -0.05) is 243 Å². The van der Waals surface area contributed by atoms with E-state index in [9.17, 15) is 37.2 Å². The number of hydrogen-bond donors (Lipinski definition) is 0. The van der Waals surface area contributed by atoms with Crippen molar-refractivity contribution >= 4 is 174 Å². The monoisotopic (exact) mass is 1590 g/mol. The van der Waals surface area contributed by atoms with Gasteiger partial charge in [-0.15, -0.1) is 0 Å². The van der Waals surface area contributed by atoms with Gasteiger partial charge in [0, 0.05) is 0 Å². The first-order valence-electron chi connectivity index (χ1n) is 33.3. The molecule has 0 saturated carbocycles. The molecule has 0 unspecified atom stereocenters. The number of ether oxygens (including phenoxy) is 6. The van der Waals surface area contributed by atoms with Crippen LogP contribution in [0.2, 0.25) is 15.1 Å². The lowest BCUT2D eigenvalue weighted by molar-refractivity contribution is -0.0685. The molecule has 0 aliphatic rings. The van der Waals surface area contributed by atoms with E-state index in [2.05, 4.69) is 26.2 Å². The summed E-state index contributed by atoms with van der Waals surface area (Å²) in [5, 5.41) is 17.2. The van der Waals surface area contributed by atoms with Gasteiger partial charge < -0.3 is 38.1 Å². The number of oxime groups is 2. The van der Waals surface area contributed by atoms with Crippen molar-refractivity contribution in [2.75, 3.05) is 27.4 Å². The van der Waals surface area contributed by atoms with Gasteiger partial charge in [-0.3, -0.25) is 4.18 Å². The molecular weight excluding hydrogens is 1530 g/mol. The van der Waals surface area contributed by atoms with E-state index in [0.717, 1.165) is 77.6 Å². The summed E-state index contributed by atoms with van der Waals surface area (Å²) in [6.45, 7) is -1.11. The van der Waals surface area contributed by atoms with Crippen LogP contribution in [0.4, 0.5) is 0 Å². The molecule has 0 heterocycles. The fraction of sp³-hybridized carbons (Fsp3) is 0.119. The predicted octanol–water partition coefficient (Wildman–Crippen LogP) is 18.3. The fourth-order valence-electron chi connectivity index (χ4n) is 11.6. The second kappa shape index (κ2) is 35.2. The standard InChI is InChI=1S/C45H32Cl3NO10S.C39H30BrNO7/c1-55-49-25-39(57-44(51)34-18-15-28-9-3-6-12-31(28)21-34)42(58-45(52)35-19-16-29-10-4-7-13-32(29)22-35)40(59-60(53,54)41-24-37(47)36(46)23-38(41)48)26-56-43(50)33-17-14-27-8-2-5-11-30(27)20-33;1-45-41-23-35(47-38(43)32-18-15-26-9-3-6-12-29(26)21-32)36(48-39(44)33-19-16-27-10-4-7-13-30(27)22-33)34(40)24-46-37(42)31-17-14-25-8-2-5-11-28(25)20-31/h2-25,39-40,42H,26H2,1H3;2-23,34-36H,24H2,1H3/b49-25+;41-23+/t39-,40-,42+;34-,35+,36+/m01/s1. The number of esters is 6. The Kier molecular flexibility index (Phi) is 24.8. The van der Waals surface area contributed by atoms with Crippen molar-refractivity contribution in [3.8, 4) is 0 Å². The van der Waals surface area contributed by atoms with Gasteiger partial charge >= 0.3 is 35.8 Å². The number of alkyl halides is 1. The third kappa shape index (κ3) is 18.8. The number of halogens is 4. The Bertz CT molecular complexity index is 5750. The van der Waals surface area contributed by atoms with Gasteiger partial charge in [-0.2, -0.15) is 8.42 Å². The second-order valence-electron chi connectivity index (χ2n) is 24.2. The van der Waals surface area contributed by atoms with Crippen LogP contribution in [0.5, 0.6) is 0 Å². The van der Waals surface area contributed by atoms with Crippen molar-refractivity contribution < 1.29 is 79.5 Å². The first-order valence-corrected chi connectivity index (χ1v) is 36.7. The molecule has 24 heteroatoms. The molecule has 0 bridgehead atoms. The largest absolute Gasteiger partial charge is 0.461 e. The van der Waals surface area contributed by atoms with Crippen LogP contribution < -0.4 is 0 Å². The van der Waals surface area contributed by atoms with Crippen molar-refractivity contribution in [2.45, 2.75) is 40.2 Å². The molecule has 0 spiro atoms. The molecule has 0 aliphatic heterocycles. The normalized spacial score (nSPS) is 13.2. The minimum Gasteiger partial charge on any atom is -0.461 e. The number of rotatable bonds is 25. The zero-order valence-corrected chi connectivity index (χ0v) is 61.9. The quantitative estimate of drug-likeness (QED) is 0.00981. The number of hydrogen-bond acceptors (Lipinski definition) is 19. The van der Waals surface area contributed by atoms with Gasteiger partial charge in [0.05, 0.1) is 65.7 Å². The summed E-state index contributed by atoms with van der Waals surface area (Å²) in [5.74, 6) is -4.69. The number of carbonyl (C=O) groups is 6. The first kappa shape index (κ1) is 76.1. The van der Waals surface area contributed by atoms with Crippen molar-refractivity contribution in [2.24, 2.45) is 10.3 Å². The van der Waals surface area contributed by atoms with Gasteiger partial charge in [-0.05, 0) is 150 Å². The average Bonchev–Trinajstić information content (AvgIpc) is 0.807. The summed E-state index contributed by atoms with van der Waals surface area (Å²) in [7, 11) is -2.43. The fourth-order valence-corrected chi connectivity index (χ4v) is 14.2. The van der Waals surface area contributed by atoms with Crippen LogP contribution in [0, 0.1) is 0 Å². The minimum absolute atomic E-state index is 0.0416. The lowest BCUT2D eigenvalue weighted by Crippen LogP contribution is -2.48. The molecule has 544 valence electrons. The molecule has 0 N–H and O–H groups in total. The number of nitrogens with zero attached hydrogens (tertiary/aromatic N) is 2. The summed E-state index contributed by atoms with van der Waals surface area (Å²) in [4.78, 5) is 90.3. The Morgan fingerprint density at radius 1 is 0.352 bits per heavy atom. The van der Waals surface area contributed by atoms with Crippen LogP contribution in [0.25, 0.3) is 64.6 Å². The van der Waals surface area contributed by atoms with Crippen molar-refractivity contribution in [3.63, 3.8) is 0 Å². The Hall–Kier alpha value is -11.6. The minimum atomic E-state index is -4.98. The Morgan fingerprint density at radius 2 is 0.630 bits per heavy atom. The van der Waals surface area contributed by atoms with E-state index >= 15 is 0 Å². The summed E-state index contributed by atoms with van der Waals surface area (Å²) >= 11 is 22.2. The molecule has 13 rings (SSSR count). The number of carbonyl (C=O) groups excluding carboxylic acids is 6. The highest BCUT2D eigenvalue weighted by Gasteiger charge is 2.42. The van der Waals surface area contributed by atoms with E-state index < -0.39 is 92.8 Å². The van der Waals surface area contributed by atoms with Crippen LogP contribution >= 0.6 is 50.7 Å². The molecule has 6 atom stereocenters. The predicted molar refractivity (Wildman–Crippen MR) is 418 cm³/mol. The Morgan fingerprint density at radius 3 is 0.963 bits per heavy atom. The van der Waals surface area contributed by atoms with E-state index in [-0.39, 0.29) is 49.5 Å². The van der Waals surface area contributed by atoms with Crippen LogP contribution in [0.15, 0.2) is 282 Å². The second-order valence-corrected chi connectivity index (χ2v) is 28.2. The molecule has 0 fully saturated rings. The average molecular weight is 1590 g/mol. The molecule has 13 aromatic rings. The summed E-state index contributed by atoms with van der Waals surface area (Å²) in [6.07, 6.45) is -5.82. The highest BCUT2D eigenvalue weighted by atomic mass is 79.9. The summed E-state index contributed by atoms with van der Waals surface area (Å²) in [5.41, 5.74) is 1.20. The molecule has 13 aromatic carbocycles. The van der Waals surface area contributed by atoms with Crippen molar-refractivity contribution in [3.05, 3.63) is 315 Å². The van der Waals surface area contributed by atoms with Gasteiger partial charge in [0.2, 0.25) is 0 Å². The third-order valence-corrected chi connectivity index (χ3v) is 20.4. The van der Waals surface area contributed by atoms with E-state index in [1.165, 1.54) is 38.6 Å². The molecule has 0 radical (unpaired) electrons. The summed E-state index contributed by atoms with van der Waals surface area (Å²) < 4.78 is 69.3. The molecule has 108 heavy (non-hydrogen) atoms. The van der Waals surface area contributed by atoms with Crippen LogP contribution in [-0.2, 0) is 52.4 Å². The van der Waals surface area contributed by atoms with E-state index in [0.29, 0.717) is 10.9 Å². The first-order chi connectivity index (χ1) is 52.3. The van der Waals surface area contributed by atoms with E-state index in [4.69, 9.17) is 77.1 Å². The summed E-state index contributed by atoms with van der Waals surface area (Å²) in [6, 6.07) is 77.0. The zero-order chi connectivity index (χ0) is 75.8. The highest BCUT2D eigenvalue weighted by Crippen LogP contribution is 2.35. The van der Waals surface area contributed by atoms with Crippen molar-refractivity contribution in [1.29, 1.82) is 0 Å². The molecule has 0 amide bonds. The third-order valence-electron chi connectivity index (χ3n) is 17.1. The van der Waals surface area contributed by atoms with Crippen molar-refractivity contribution in [1.82, 2.24) is 0 Å². The van der Waals surface area contributed by atoms with Gasteiger partial charge in [0.25, 0.3) is 10.1 Å². The lowest BCUT2D eigenvalue weighted by atomic mass is 10.1. The molecule has 0 aliphatic carbocycles. The molecular formula is C84H62BrCl3N2O17S. The van der Waals surface area contributed by atoms with Crippen LogP contribution in [-0.4, -0.2) is 119 Å². The van der Waals surface area contributed by atoms with Gasteiger partial charge in [0.15, 0.2) is 30.5 Å². The smallest absolute Gasteiger partial charge is 0.338 e. The SMILES string of the molecule is CO/N=C/[C@H](OC(=O)c1ccc2ccccc2c1)[C@@H](OC(=O)c1ccc2ccccc2c1)[C@H](Br)COC(=O)c1ccc2ccccc2c1.CO/N=C/[C@H](OC(=O)c1ccc2ccccc2c1)[C@@H](OC(=O)c1ccc2ccccc2c1)[C@H](COC(=O)c1ccc2ccccc2c1)OS(=O)(=O)c1cc(Cl)c(Cl)cc1Cl. The Labute approximate surface area is 642 Å². The highest BCUT2D eigenvalue weighted by molar-refractivity contribution is 9.09. The van der Waals surface area contributed by atoms with E-state index in [1.54, 1.807) is 109 Å².